The molecule has 0 saturated carbocycles. The third-order valence-corrected chi connectivity index (χ3v) is 4.06. The quantitative estimate of drug-likeness (QED) is 0.639. The molecule has 1 fully saturated rings. The maximum absolute atomic E-state index is 5.91. The summed E-state index contributed by atoms with van der Waals surface area (Å²) in [6.45, 7) is 2.03. The average Bonchev–Trinajstić information content (AvgIpc) is 2.50. The minimum absolute atomic E-state index is 0.0866. The number of nitrogens with one attached hydrogen (secondary N) is 1. The first kappa shape index (κ1) is 14.9. The first-order valence-electron chi connectivity index (χ1n) is 7.07. The molecule has 0 atom stereocenters. The normalized spacial score (nSPS) is 16.7. The van der Waals surface area contributed by atoms with Crippen LogP contribution in [0.1, 0.15) is 12.8 Å². The maximum Gasteiger partial charge on any atom is 0.159 e. The zero-order chi connectivity index (χ0) is 14.5. The number of piperidine rings is 1. The van der Waals surface area contributed by atoms with E-state index in [1.54, 1.807) is 14.2 Å². The molecule has 0 aliphatic carbocycles. The molecular weight excluding hydrogens is 254 g/mol. The number of nitrogens with zero attached hydrogens (tertiary/aromatic N) is 1. The van der Waals surface area contributed by atoms with Crippen molar-refractivity contribution in [3.05, 3.63) is 18.2 Å². The lowest BCUT2D eigenvalue weighted by Gasteiger charge is -2.36. The Kier molecular flexibility index (Phi) is 5.09. The summed E-state index contributed by atoms with van der Waals surface area (Å²) in [5.41, 5.74) is 8.89. The SMILES string of the molecule is CNc1cc(N2CCC(C(OC)OC)CC2)ccc1N. The lowest BCUT2D eigenvalue weighted by atomic mass is 9.95. The van der Waals surface area contributed by atoms with Gasteiger partial charge in [0.05, 0.1) is 11.4 Å². The molecule has 20 heavy (non-hydrogen) atoms. The van der Waals surface area contributed by atoms with Crippen LogP contribution >= 0.6 is 0 Å². The van der Waals surface area contributed by atoms with Gasteiger partial charge in [-0.3, -0.25) is 0 Å². The van der Waals surface area contributed by atoms with Crippen molar-refractivity contribution in [2.45, 2.75) is 19.1 Å². The molecule has 1 aliphatic heterocycles. The lowest BCUT2D eigenvalue weighted by Crippen LogP contribution is -2.39. The number of methoxy groups -OCH3 is 2. The first-order chi connectivity index (χ1) is 9.69. The Labute approximate surface area is 121 Å². The summed E-state index contributed by atoms with van der Waals surface area (Å²) in [6.07, 6.45) is 2.06. The van der Waals surface area contributed by atoms with Gasteiger partial charge in [-0.05, 0) is 31.0 Å². The van der Waals surface area contributed by atoms with E-state index >= 15 is 0 Å². The standard InChI is InChI=1S/C15H25N3O2/c1-17-14-10-12(4-5-13(14)16)18-8-6-11(7-9-18)15(19-2)20-3/h4-5,10-11,15,17H,6-9,16H2,1-3H3. The summed E-state index contributed by atoms with van der Waals surface area (Å²) in [6, 6.07) is 6.15. The third kappa shape index (κ3) is 3.16. The minimum Gasteiger partial charge on any atom is -0.397 e. The van der Waals surface area contributed by atoms with Gasteiger partial charge in [0, 0.05) is 46.0 Å². The average molecular weight is 279 g/mol. The van der Waals surface area contributed by atoms with E-state index in [1.165, 1.54) is 5.69 Å². The fourth-order valence-electron chi connectivity index (χ4n) is 2.87. The Bertz CT molecular complexity index is 427. The number of rotatable bonds is 5. The van der Waals surface area contributed by atoms with Crippen molar-refractivity contribution in [1.82, 2.24) is 0 Å². The van der Waals surface area contributed by atoms with E-state index in [2.05, 4.69) is 22.3 Å². The number of benzene rings is 1. The molecule has 0 radical (unpaired) electrons. The van der Waals surface area contributed by atoms with Gasteiger partial charge in [0.2, 0.25) is 0 Å². The van der Waals surface area contributed by atoms with E-state index in [9.17, 15) is 0 Å². The molecule has 0 aromatic heterocycles. The molecule has 0 amide bonds. The topological polar surface area (TPSA) is 59.8 Å². The number of nitrogens with two attached hydrogens (primary N) is 1. The van der Waals surface area contributed by atoms with Crippen LogP contribution in [-0.2, 0) is 9.47 Å². The van der Waals surface area contributed by atoms with Gasteiger partial charge in [-0.25, -0.2) is 0 Å². The van der Waals surface area contributed by atoms with Crippen LogP contribution in [0.15, 0.2) is 18.2 Å². The van der Waals surface area contributed by atoms with E-state index in [-0.39, 0.29) is 6.29 Å². The molecule has 2 rings (SSSR count). The summed E-state index contributed by atoms with van der Waals surface area (Å²) in [5, 5.41) is 3.13. The van der Waals surface area contributed by atoms with Gasteiger partial charge in [-0.1, -0.05) is 0 Å². The first-order valence-corrected chi connectivity index (χ1v) is 7.07. The van der Waals surface area contributed by atoms with E-state index in [4.69, 9.17) is 15.2 Å². The van der Waals surface area contributed by atoms with Gasteiger partial charge in [0.25, 0.3) is 0 Å². The minimum atomic E-state index is -0.0866. The number of hydrogen-bond donors (Lipinski definition) is 2. The van der Waals surface area contributed by atoms with Crippen LogP contribution in [0.3, 0.4) is 0 Å². The van der Waals surface area contributed by atoms with Crippen LogP contribution in [0.4, 0.5) is 17.1 Å². The van der Waals surface area contributed by atoms with Gasteiger partial charge in [0.1, 0.15) is 0 Å². The van der Waals surface area contributed by atoms with Gasteiger partial charge >= 0.3 is 0 Å². The smallest absolute Gasteiger partial charge is 0.159 e. The van der Waals surface area contributed by atoms with Crippen LogP contribution in [0.2, 0.25) is 0 Å². The van der Waals surface area contributed by atoms with Gasteiger partial charge in [-0.15, -0.1) is 0 Å². The van der Waals surface area contributed by atoms with E-state index in [0.717, 1.165) is 37.3 Å². The second-order valence-corrected chi connectivity index (χ2v) is 5.19. The van der Waals surface area contributed by atoms with Crippen LogP contribution in [0.25, 0.3) is 0 Å². The molecule has 1 aromatic carbocycles. The van der Waals surface area contributed by atoms with Gasteiger partial charge in [0.15, 0.2) is 6.29 Å². The Morgan fingerprint density at radius 3 is 2.45 bits per heavy atom. The molecular formula is C15H25N3O2. The highest BCUT2D eigenvalue weighted by Crippen LogP contribution is 2.30. The van der Waals surface area contributed by atoms with Gasteiger partial charge in [-0.2, -0.15) is 0 Å². The van der Waals surface area contributed by atoms with Crippen molar-refractivity contribution < 1.29 is 9.47 Å². The van der Waals surface area contributed by atoms with Gasteiger partial charge < -0.3 is 25.4 Å². The fraction of sp³-hybridized carbons (Fsp3) is 0.600. The summed E-state index contributed by atoms with van der Waals surface area (Å²) in [4.78, 5) is 2.39. The molecule has 0 bridgehead atoms. The summed E-state index contributed by atoms with van der Waals surface area (Å²) in [5.74, 6) is 0.471. The van der Waals surface area contributed by atoms with E-state index < -0.39 is 0 Å². The molecule has 3 N–H and O–H groups in total. The van der Waals surface area contributed by atoms with Crippen molar-refractivity contribution in [3.63, 3.8) is 0 Å². The molecule has 112 valence electrons. The van der Waals surface area contributed by atoms with E-state index in [0.29, 0.717) is 5.92 Å². The fourth-order valence-corrected chi connectivity index (χ4v) is 2.87. The number of hydrogen-bond acceptors (Lipinski definition) is 5. The zero-order valence-electron chi connectivity index (χ0n) is 12.6. The number of nitrogen functional groups attached to an aromatic ring is 1. The lowest BCUT2D eigenvalue weighted by molar-refractivity contribution is -0.141. The highest BCUT2D eigenvalue weighted by molar-refractivity contribution is 5.72. The predicted octanol–water partition coefficient (Wildman–Crippen LogP) is 2.15. The van der Waals surface area contributed by atoms with Crippen LogP contribution in [0.5, 0.6) is 0 Å². The van der Waals surface area contributed by atoms with E-state index in [1.807, 2.05) is 13.1 Å². The number of anilines is 3. The van der Waals surface area contributed by atoms with Crippen molar-refractivity contribution >= 4 is 17.1 Å². The Morgan fingerprint density at radius 2 is 1.90 bits per heavy atom. The maximum atomic E-state index is 5.91. The van der Waals surface area contributed by atoms with Crippen molar-refractivity contribution in [1.29, 1.82) is 0 Å². The Hall–Kier alpha value is -1.46. The second kappa shape index (κ2) is 6.81. The zero-order valence-corrected chi connectivity index (χ0v) is 12.6. The largest absolute Gasteiger partial charge is 0.397 e. The Morgan fingerprint density at radius 1 is 1.25 bits per heavy atom. The highest BCUT2D eigenvalue weighted by Gasteiger charge is 2.26. The molecule has 1 aliphatic rings. The molecule has 1 heterocycles. The molecule has 5 heteroatoms. The van der Waals surface area contributed by atoms with Crippen LogP contribution in [-0.4, -0.2) is 40.6 Å². The molecule has 0 spiro atoms. The molecule has 1 aromatic rings. The monoisotopic (exact) mass is 279 g/mol. The molecule has 0 unspecified atom stereocenters. The highest BCUT2D eigenvalue weighted by atomic mass is 16.7. The van der Waals surface area contributed by atoms with Crippen LogP contribution < -0.4 is 16.0 Å². The van der Waals surface area contributed by atoms with Crippen LogP contribution in [0, 0.1) is 5.92 Å². The van der Waals surface area contributed by atoms with Crippen molar-refractivity contribution in [2.24, 2.45) is 5.92 Å². The molecule has 1 saturated heterocycles. The Balaban J connectivity index is 2.00. The predicted molar refractivity (Wildman–Crippen MR) is 83.1 cm³/mol. The van der Waals surface area contributed by atoms with Crippen molar-refractivity contribution in [3.8, 4) is 0 Å². The third-order valence-electron chi connectivity index (χ3n) is 4.06. The summed E-state index contributed by atoms with van der Waals surface area (Å²) in [7, 11) is 5.31. The molecule has 5 nitrogen and oxygen atoms in total. The number of ether oxygens (including phenoxy) is 2. The second-order valence-electron chi connectivity index (χ2n) is 5.19. The van der Waals surface area contributed by atoms with Crippen molar-refractivity contribution in [2.75, 3.05) is 50.3 Å². The summed E-state index contributed by atoms with van der Waals surface area (Å²) < 4.78 is 10.7. The summed E-state index contributed by atoms with van der Waals surface area (Å²) >= 11 is 0.